The Kier molecular flexibility index (Phi) is 18.2. The molecule has 6 nitrogen and oxygen atoms in total. The van der Waals surface area contributed by atoms with Crippen molar-refractivity contribution >= 4 is 5.97 Å². The highest BCUT2D eigenvalue weighted by Gasteiger charge is 2.43. The Morgan fingerprint density at radius 2 is 1.58 bits per heavy atom. The number of aliphatic hydroxyl groups is 2. The Hall–Kier alpha value is -1.21. The van der Waals surface area contributed by atoms with Crippen LogP contribution in [0.15, 0.2) is 24.8 Å². The number of ether oxygens (including phenoxy) is 3. The lowest BCUT2D eigenvalue weighted by atomic mass is 10.1. The topological polar surface area (TPSA) is 85.2 Å². The van der Waals surface area contributed by atoms with Crippen molar-refractivity contribution in [2.75, 3.05) is 19.8 Å². The number of unbranched alkanes of at least 4 members (excludes halogenated alkanes) is 12. The fraction of sp³-hybridized carbons (Fsp3) is 0.815. The molecule has 0 amide bonds. The van der Waals surface area contributed by atoms with Crippen LogP contribution in [0.2, 0.25) is 0 Å². The Morgan fingerprint density at radius 3 is 2.15 bits per heavy atom. The summed E-state index contributed by atoms with van der Waals surface area (Å²) in [5.41, 5.74) is 0. The molecule has 0 radical (unpaired) electrons. The molecule has 33 heavy (non-hydrogen) atoms. The van der Waals surface area contributed by atoms with Crippen LogP contribution >= 0.6 is 0 Å². The number of carbonyl (C=O) groups excluding carboxylic acids is 1. The van der Waals surface area contributed by atoms with Crippen molar-refractivity contribution in [1.82, 2.24) is 0 Å². The predicted molar refractivity (Wildman–Crippen MR) is 132 cm³/mol. The van der Waals surface area contributed by atoms with E-state index in [2.05, 4.69) is 25.7 Å². The molecule has 192 valence electrons. The summed E-state index contributed by atoms with van der Waals surface area (Å²) in [5, 5.41) is 19.7. The van der Waals surface area contributed by atoms with Crippen molar-refractivity contribution in [1.29, 1.82) is 0 Å². The summed E-state index contributed by atoms with van der Waals surface area (Å²) in [6, 6.07) is 0. The molecule has 0 spiro atoms. The Bertz CT molecular complexity index is 521. The molecule has 0 aromatic rings. The molecule has 1 heterocycles. The molecule has 1 rings (SSSR count). The minimum absolute atomic E-state index is 0.0495. The zero-order valence-electron chi connectivity index (χ0n) is 20.8. The predicted octanol–water partition coefficient (Wildman–Crippen LogP) is 5.26. The maximum atomic E-state index is 11.5. The van der Waals surface area contributed by atoms with Crippen LogP contribution in [0.5, 0.6) is 0 Å². The second-order valence-corrected chi connectivity index (χ2v) is 9.00. The second-order valence-electron chi connectivity index (χ2n) is 9.00. The lowest BCUT2D eigenvalue weighted by molar-refractivity contribution is -0.157. The van der Waals surface area contributed by atoms with E-state index in [1.807, 2.05) is 0 Å². The summed E-state index contributed by atoms with van der Waals surface area (Å²) >= 11 is 0. The summed E-state index contributed by atoms with van der Waals surface area (Å²) < 4.78 is 16.5. The molecule has 0 saturated carbocycles. The van der Waals surface area contributed by atoms with Gasteiger partial charge in [-0.05, 0) is 32.1 Å². The SMILES string of the molecule is C=CC(=O)O[C@H]1[C@@H]([C@@H](CO)OCCCCCCCC/C=C\CCCCCCCC)OC[C@@H]1O. The lowest BCUT2D eigenvalue weighted by Crippen LogP contribution is -2.44. The van der Waals surface area contributed by atoms with E-state index in [0.717, 1.165) is 18.9 Å². The van der Waals surface area contributed by atoms with Crippen molar-refractivity contribution in [3.8, 4) is 0 Å². The van der Waals surface area contributed by atoms with E-state index in [4.69, 9.17) is 14.2 Å². The smallest absolute Gasteiger partial charge is 0.330 e. The summed E-state index contributed by atoms with van der Waals surface area (Å²) in [6.07, 6.45) is 20.1. The highest BCUT2D eigenvalue weighted by atomic mass is 16.6. The van der Waals surface area contributed by atoms with Gasteiger partial charge in [0.2, 0.25) is 0 Å². The van der Waals surface area contributed by atoms with Gasteiger partial charge in [-0.3, -0.25) is 0 Å². The minimum atomic E-state index is -0.929. The quantitative estimate of drug-likeness (QED) is 0.103. The van der Waals surface area contributed by atoms with Gasteiger partial charge in [0.15, 0.2) is 6.10 Å². The number of esters is 1. The van der Waals surface area contributed by atoms with Crippen LogP contribution in [0.1, 0.15) is 96.8 Å². The standard InChI is InChI=1S/C27H48O6/c1-3-5-6-7-8-9-10-11-12-13-14-15-16-17-18-19-20-31-24(21-28)27-26(23(29)22-32-27)33-25(30)4-2/h4,11-12,23-24,26-29H,2-3,5-10,13-22H2,1H3/b12-11-/t23-,24+,26+,27+/m0/s1. The number of carbonyl (C=O) groups is 1. The monoisotopic (exact) mass is 468 g/mol. The van der Waals surface area contributed by atoms with Crippen molar-refractivity contribution in [2.45, 2.75) is 121 Å². The molecular weight excluding hydrogens is 420 g/mol. The van der Waals surface area contributed by atoms with Crippen LogP contribution < -0.4 is 0 Å². The molecular formula is C27H48O6. The van der Waals surface area contributed by atoms with Crippen molar-refractivity contribution in [2.24, 2.45) is 0 Å². The molecule has 0 aromatic carbocycles. The lowest BCUT2D eigenvalue weighted by Gasteiger charge is -2.26. The molecule has 0 aromatic heterocycles. The van der Waals surface area contributed by atoms with Crippen LogP contribution in [0.3, 0.4) is 0 Å². The minimum Gasteiger partial charge on any atom is -0.453 e. The first-order valence-electron chi connectivity index (χ1n) is 13.1. The Morgan fingerprint density at radius 1 is 1.00 bits per heavy atom. The van der Waals surface area contributed by atoms with Crippen LogP contribution in [-0.4, -0.2) is 60.4 Å². The van der Waals surface area contributed by atoms with Gasteiger partial charge in [0.1, 0.15) is 18.3 Å². The summed E-state index contributed by atoms with van der Waals surface area (Å²) in [7, 11) is 0. The van der Waals surface area contributed by atoms with Gasteiger partial charge in [-0.2, -0.15) is 0 Å². The van der Waals surface area contributed by atoms with E-state index in [9.17, 15) is 15.0 Å². The van der Waals surface area contributed by atoms with Gasteiger partial charge in [-0.1, -0.05) is 83.4 Å². The zero-order chi connectivity index (χ0) is 24.2. The van der Waals surface area contributed by atoms with Gasteiger partial charge < -0.3 is 24.4 Å². The van der Waals surface area contributed by atoms with Gasteiger partial charge in [0.05, 0.1) is 13.2 Å². The van der Waals surface area contributed by atoms with Crippen LogP contribution in [-0.2, 0) is 19.0 Å². The molecule has 1 aliphatic heterocycles. The average Bonchev–Trinajstić information content (AvgIpc) is 3.18. The Balaban J connectivity index is 2.01. The first-order valence-corrected chi connectivity index (χ1v) is 13.1. The van der Waals surface area contributed by atoms with E-state index in [1.54, 1.807) is 0 Å². The fourth-order valence-corrected chi connectivity index (χ4v) is 4.10. The third kappa shape index (κ3) is 13.9. The van der Waals surface area contributed by atoms with Gasteiger partial charge in [-0.15, -0.1) is 0 Å². The highest BCUT2D eigenvalue weighted by molar-refractivity contribution is 5.81. The second kappa shape index (κ2) is 20.2. The molecule has 1 fully saturated rings. The van der Waals surface area contributed by atoms with E-state index < -0.39 is 30.4 Å². The van der Waals surface area contributed by atoms with Crippen molar-refractivity contribution in [3.63, 3.8) is 0 Å². The molecule has 1 saturated heterocycles. The summed E-state index contributed by atoms with van der Waals surface area (Å²) in [4.78, 5) is 11.5. The van der Waals surface area contributed by atoms with Gasteiger partial charge in [0, 0.05) is 12.7 Å². The number of rotatable bonds is 21. The summed E-state index contributed by atoms with van der Waals surface area (Å²) in [5.74, 6) is -0.625. The molecule has 6 heteroatoms. The van der Waals surface area contributed by atoms with E-state index in [0.29, 0.717) is 6.61 Å². The fourth-order valence-electron chi connectivity index (χ4n) is 4.10. The van der Waals surface area contributed by atoms with E-state index in [-0.39, 0.29) is 13.2 Å². The normalized spacial score (nSPS) is 21.5. The molecule has 0 unspecified atom stereocenters. The molecule has 0 aliphatic carbocycles. The van der Waals surface area contributed by atoms with E-state index >= 15 is 0 Å². The van der Waals surface area contributed by atoms with Crippen molar-refractivity contribution in [3.05, 3.63) is 24.8 Å². The van der Waals surface area contributed by atoms with Crippen LogP contribution in [0.25, 0.3) is 0 Å². The number of hydrogen-bond acceptors (Lipinski definition) is 6. The van der Waals surface area contributed by atoms with Crippen LogP contribution in [0.4, 0.5) is 0 Å². The van der Waals surface area contributed by atoms with Crippen molar-refractivity contribution < 1.29 is 29.2 Å². The van der Waals surface area contributed by atoms with Gasteiger partial charge in [-0.25, -0.2) is 4.79 Å². The Labute approximate surface area is 201 Å². The zero-order valence-corrected chi connectivity index (χ0v) is 20.8. The third-order valence-corrected chi connectivity index (χ3v) is 6.12. The largest absolute Gasteiger partial charge is 0.453 e. The van der Waals surface area contributed by atoms with Crippen LogP contribution in [0, 0.1) is 0 Å². The average molecular weight is 469 g/mol. The first kappa shape index (κ1) is 29.8. The molecule has 0 bridgehead atoms. The molecule has 1 aliphatic rings. The van der Waals surface area contributed by atoms with Gasteiger partial charge >= 0.3 is 5.97 Å². The summed E-state index contributed by atoms with van der Waals surface area (Å²) in [6.45, 7) is 5.92. The number of hydrogen-bond donors (Lipinski definition) is 2. The maximum Gasteiger partial charge on any atom is 0.330 e. The number of aliphatic hydroxyl groups excluding tert-OH is 2. The first-order chi connectivity index (χ1) is 16.1. The molecule has 2 N–H and O–H groups in total. The number of allylic oxidation sites excluding steroid dienone is 2. The maximum absolute atomic E-state index is 11.5. The highest BCUT2D eigenvalue weighted by Crippen LogP contribution is 2.23. The van der Waals surface area contributed by atoms with Gasteiger partial charge in [0.25, 0.3) is 0 Å². The van der Waals surface area contributed by atoms with E-state index in [1.165, 1.54) is 77.0 Å². The molecule has 4 atom stereocenters. The third-order valence-electron chi connectivity index (χ3n) is 6.12.